The summed E-state index contributed by atoms with van der Waals surface area (Å²) in [6.07, 6.45) is 1.10. The van der Waals surface area contributed by atoms with Crippen molar-refractivity contribution in [3.05, 3.63) is 29.8 Å². The molecule has 0 aromatic heterocycles. The van der Waals surface area contributed by atoms with E-state index >= 15 is 0 Å². The Morgan fingerprint density at radius 1 is 1.31 bits per heavy atom. The van der Waals surface area contributed by atoms with E-state index < -0.39 is 0 Å². The first-order valence-corrected chi connectivity index (χ1v) is 4.65. The fourth-order valence-corrected chi connectivity index (χ4v) is 1.26. The molecule has 0 spiro atoms. The summed E-state index contributed by atoms with van der Waals surface area (Å²) < 4.78 is 0. The second-order valence-corrected chi connectivity index (χ2v) is 3.42. The first kappa shape index (κ1) is 10.1. The number of likely N-dealkylation sites (N-methyl/N-ethyl adjacent to an activating group) is 1. The predicted molar refractivity (Wildman–Crippen MR) is 58.4 cm³/mol. The lowest BCUT2D eigenvalue weighted by atomic mass is 10.1. The lowest BCUT2D eigenvalue weighted by Gasteiger charge is -2.13. The van der Waals surface area contributed by atoms with E-state index in [9.17, 15) is 0 Å². The number of nitrogens with zero attached hydrogens (tertiary/aromatic N) is 1. The van der Waals surface area contributed by atoms with Gasteiger partial charge in [0.1, 0.15) is 0 Å². The first-order chi connectivity index (χ1) is 6.24. The summed E-state index contributed by atoms with van der Waals surface area (Å²) in [5, 5.41) is 3.15. The lowest BCUT2D eigenvalue weighted by Crippen LogP contribution is -2.12. The minimum atomic E-state index is 1.04. The van der Waals surface area contributed by atoms with Crippen molar-refractivity contribution in [2.24, 2.45) is 0 Å². The minimum absolute atomic E-state index is 1.04. The number of anilines is 1. The van der Waals surface area contributed by atoms with Crippen molar-refractivity contribution >= 4 is 5.69 Å². The van der Waals surface area contributed by atoms with E-state index in [1.165, 1.54) is 11.3 Å². The number of hydrogen-bond donors (Lipinski definition) is 1. The van der Waals surface area contributed by atoms with E-state index in [4.69, 9.17) is 0 Å². The fourth-order valence-electron chi connectivity index (χ4n) is 1.26. The van der Waals surface area contributed by atoms with E-state index in [0.29, 0.717) is 0 Å². The quantitative estimate of drug-likeness (QED) is 0.752. The molecule has 0 saturated heterocycles. The molecule has 2 heteroatoms. The van der Waals surface area contributed by atoms with Gasteiger partial charge in [-0.1, -0.05) is 12.1 Å². The van der Waals surface area contributed by atoms with Crippen molar-refractivity contribution in [1.82, 2.24) is 5.32 Å². The zero-order valence-corrected chi connectivity index (χ0v) is 8.67. The van der Waals surface area contributed by atoms with Crippen LogP contribution in [0.2, 0.25) is 0 Å². The third-order valence-corrected chi connectivity index (χ3v) is 2.09. The summed E-state index contributed by atoms with van der Waals surface area (Å²) in [4.78, 5) is 2.13. The molecule has 0 bridgehead atoms. The van der Waals surface area contributed by atoms with Crippen LogP contribution in [0.4, 0.5) is 5.69 Å². The van der Waals surface area contributed by atoms with E-state index in [1.807, 2.05) is 7.05 Å². The summed E-state index contributed by atoms with van der Waals surface area (Å²) in [7, 11) is 6.12. The maximum Gasteiger partial charge on any atom is 0.0363 e. The molecule has 0 atom stereocenters. The Balaban J connectivity index is 2.68. The summed E-state index contributed by atoms with van der Waals surface area (Å²) in [6.45, 7) is 1.04. The molecule has 0 unspecified atom stereocenters. The second-order valence-electron chi connectivity index (χ2n) is 3.42. The molecule has 72 valence electrons. The van der Waals surface area contributed by atoms with Gasteiger partial charge >= 0.3 is 0 Å². The van der Waals surface area contributed by atoms with E-state index in [1.54, 1.807) is 0 Å². The highest BCUT2D eigenvalue weighted by molar-refractivity contribution is 5.47. The van der Waals surface area contributed by atoms with Gasteiger partial charge in [0.25, 0.3) is 0 Å². The minimum Gasteiger partial charge on any atom is -0.378 e. The van der Waals surface area contributed by atoms with Gasteiger partial charge in [-0.2, -0.15) is 0 Å². The smallest absolute Gasteiger partial charge is 0.0363 e. The van der Waals surface area contributed by atoms with Crippen LogP contribution < -0.4 is 10.2 Å². The molecule has 2 nitrogen and oxygen atoms in total. The average molecular weight is 178 g/mol. The molecule has 0 fully saturated rings. The fraction of sp³-hybridized carbons (Fsp3) is 0.455. The second kappa shape index (κ2) is 4.87. The van der Waals surface area contributed by atoms with Gasteiger partial charge in [0.15, 0.2) is 0 Å². The van der Waals surface area contributed by atoms with E-state index in [-0.39, 0.29) is 0 Å². The molecule has 1 N–H and O–H groups in total. The van der Waals surface area contributed by atoms with Gasteiger partial charge in [0.05, 0.1) is 0 Å². The summed E-state index contributed by atoms with van der Waals surface area (Å²) in [6, 6.07) is 8.64. The van der Waals surface area contributed by atoms with Crippen molar-refractivity contribution in [1.29, 1.82) is 0 Å². The molecule has 13 heavy (non-hydrogen) atoms. The average Bonchev–Trinajstić information content (AvgIpc) is 2.15. The van der Waals surface area contributed by atoms with E-state index in [2.05, 4.69) is 48.6 Å². The molecule has 0 aliphatic heterocycles. The Morgan fingerprint density at radius 3 is 2.69 bits per heavy atom. The van der Waals surface area contributed by atoms with Crippen LogP contribution in [0.25, 0.3) is 0 Å². The number of hydrogen-bond acceptors (Lipinski definition) is 2. The number of nitrogens with one attached hydrogen (secondary N) is 1. The molecule has 0 saturated carbocycles. The molecule has 0 amide bonds. The monoisotopic (exact) mass is 178 g/mol. The molecule has 0 heterocycles. The summed E-state index contributed by atoms with van der Waals surface area (Å²) in [5.74, 6) is 0. The van der Waals surface area contributed by atoms with Crippen LogP contribution in [0.3, 0.4) is 0 Å². The van der Waals surface area contributed by atoms with Crippen LogP contribution in [0.5, 0.6) is 0 Å². The molecule has 1 aromatic rings. The topological polar surface area (TPSA) is 15.3 Å². The van der Waals surface area contributed by atoms with Crippen LogP contribution in [0.1, 0.15) is 5.56 Å². The Kier molecular flexibility index (Phi) is 3.77. The van der Waals surface area contributed by atoms with Crippen LogP contribution in [0.15, 0.2) is 24.3 Å². The third-order valence-electron chi connectivity index (χ3n) is 2.09. The van der Waals surface area contributed by atoms with Crippen molar-refractivity contribution in [2.75, 3.05) is 32.6 Å². The number of benzene rings is 1. The van der Waals surface area contributed by atoms with Crippen LogP contribution in [-0.2, 0) is 6.42 Å². The van der Waals surface area contributed by atoms with Gasteiger partial charge in [-0.25, -0.2) is 0 Å². The maximum absolute atomic E-state index is 3.15. The largest absolute Gasteiger partial charge is 0.378 e. The van der Waals surface area contributed by atoms with Gasteiger partial charge in [0, 0.05) is 19.8 Å². The molecule has 0 radical (unpaired) electrons. The summed E-state index contributed by atoms with van der Waals surface area (Å²) >= 11 is 0. The molecular weight excluding hydrogens is 160 g/mol. The van der Waals surface area contributed by atoms with Crippen LogP contribution in [0, 0.1) is 0 Å². The number of rotatable bonds is 4. The molecule has 0 aliphatic carbocycles. The van der Waals surface area contributed by atoms with Gasteiger partial charge in [0.2, 0.25) is 0 Å². The standard InChI is InChI=1S/C11H18N2/c1-12-8-7-10-5-4-6-11(9-10)13(2)3/h4-6,9,12H,7-8H2,1-3H3. The van der Waals surface area contributed by atoms with Crippen molar-refractivity contribution < 1.29 is 0 Å². The van der Waals surface area contributed by atoms with Gasteiger partial charge in [-0.3, -0.25) is 0 Å². The highest BCUT2D eigenvalue weighted by Crippen LogP contribution is 2.13. The Labute approximate surface area is 80.6 Å². The van der Waals surface area contributed by atoms with Gasteiger partial charge in [-0.15, -0.1) is 0 Å². The van der Waals surface area contributed by atoms with Gasteiger partial charge in [-0.05, 0) is 37.7 Å². The first-order valence-electron chi connectivity index (χ1n) is 4.65. The molecule has 1 rings (SSSR count). The SMILES string of the molecule is CNCCc1cccc(N(C)C)c1. The Morgan fingerprint density at radius 2 is 2.08 bits per heavy atom. The highest BCUT2D eigenvalue weighted by Gasteiger charge is 1.96. The zero-order chi connectivity index (χ0) is 9.68. The highest BCUT2D eigenvalue weighted by atomic mass is 15.1. The molecule has 1 aromatic carbocycles. The van der Waals surface area contributed by atoms with Crippen LogP contribution >= 0.6 is 0 Å². The maximum atomic E-state index is 3.15. The third kappa shape index (κ3) is 3.07. The molecule has 0 aliphatic rings. The normalized spacial score (nSPS) is 10.1. The molecular formula is C11H18N2. The van der Waals surface area contributed by atoms with E-state index in [0.717, 1.165) is 13.0 Å². The van der Waals surface area contributed by atoms with Crippen molar-refractivity contribution in [3.8, 4) is 0 Å². The Hall–Kier alpha value is -1.02. The van der Waals surface area contributed by atoms with Crippen LogP contribution in [-0.4, -0.2) is 27.7 Å². The van der Waals surface area contributed by atoms with Gasteiger partial charge < -0.3 is 10.2 Å². The van der Waals surface area contributed by atoms with Crippen molar-refractivity contribution in [2.45, 2.75) is 6.42 Å². The summed E-state index contributed by atoms with van der Waals surface area (Å²) in [5.41, 5.74) is 2.66. The Bertz CT molecular complexity index is 256. The lowest BCUT2D eigenvalue weighted by molar-refractivity contribution is 0.791. The van der Waals surface area contributed by atoms with Crippen molar-refractivity contribution in [3.63, 3.8) is 0 Å². The zero-order valence-electron chi connectivity index (χ0n) is 8.67. The predicted octanol–water partition coefficient (Wildman–Crippen LogP) is 1.51.